The lowest BCUT2D eigenvalue weighted by Crippen LogP contribution is -1.98. The second kappa shape index (κ2) is 3.70. The summed E-state index contributed by atoms with van der Waals surface area (Å²) in [5.74, 6) is 2.18. The Bertz CT molecular complexity index is 322. The van der Waals surface area contributed by atoms with Gasteiger partial charge in [0.1, 0.15) is 0 Å². The van der Waals surface area contributed by atoms with Crippen LogP contribution in [0.2, 0.25) is 0 Å². The lowest BCUT2D eigenvalue weighted by molar-refractivity contribution is 0.275. The first-order chi connectivity index (χ1) is 6.74. The van der Waals surface area contributed by atoms with Gasteiger partial charge in [-0.2, -0.15) is 0 Å². The highest BCUT2D eigenvalue weighted by Crippen LogP contribution is 2.52. The maximum Gasteiger partial charge on any atom is 0.0855 e. The molecule has 1 heterocycles. The van der Waals surface area contributed by atoms with Gasteiger partial charge in [0.15, 0.2) is 0 Å². The van der Waals surface area contributed by atoms with Gasteiger partial charge in [-0.15, -0.1) is 0 Å². The molecule has 2 nitrogen and oxygen atoms in total. The fourth-order valence-electron chi connectivity index (χ4n) is 2.23. The molecule has 14 heavy (non-hydrogen) atoms. The van der Waals surface area contributed by atoms with Crippen LogP contribution in [0.3, 0.4) is 0 Å². The molecule has 0 aromatic carbocycles. The number of aliphatic hydroxyl groups excluding tert-OH is 1. The third kappa shape index (κ3) is 1.67. The predicted molar refractivity (Wildman–Crippen MR) is 55.8 cm³/mol. The molecule has 0 bridgehead atoms. The molecule has 0 aliphatic heterocycles. The summed E-state index contributed by atoms with van der Waals surface area (Å²) in [6.45, 7) is 4.59. The fraction of sp³-hybridized carbons (Fsp3) is 0.583. The molecule has 0 unspecified atom stereocenters. The highest BCUT2D eigenvalue weighted by atomic mass is 16.3. The number of rotatable bonds is 3. The summed E-state index contributed by atoms with van der Waals surface area (Å²) < 4.78 is 0. The van der Waals surface area contributed by atoms with Gasteiger partial charge in [-0.05, 0) is 35.8 Å². The van der Waals surface area contributed by atoms with E-state index in [0.717, 1.165) is 17.5 Å². The van der Waals surface area contributed by atoms with Crippen LogP contribution in [0.4, 0.5) is 0 Å². The summed E-state index contributed by atoms with van der Waals surface area (Å²) in [6.07, 6.45) is 3.01. The quantitative estimate of drug-likeness (QED) is 0.795. The highest BCUT2D eigenvalue weighted by Gasteiger charge is 2.41. The Labute approximate surface area is 85.0 Å². The van der Waals surface area contributed by atoms with Crippen LogP contribution in [0.1, 0.15) is 37.4 Å². The molecular weight excluding hydrogens is 174 g/mol. The molecule has 1 aromatic heterocycles. The molecule has 1 aromatic rings. The third-order valence-electron chi connectivity index (χ3n) is 3.17. The van der Waals surface area contributed by atoms with E-state index in [9.17, 15) is 0 Å². The monoisotopic (exact) mass is 191 g/mol. The summed E-state index contributed by atoms with van der Waals surface area (Å²) >= 11 is 0. The Hall–Kier alpha value is -0.890. The summed E-state index contributed by atoms with van der Waals surface area (Å²) in [5.41, 5.74) is 2.12. The Kier molecular flexibility index (Phi) is 2.55. The van der Waals surface area contributed by atoms with E-state index in [0.29, 0.717) is 5.92 Å². The molecule has 0 spiro atoms. The lowest BCUT2D eigenvalue weighted by atomic mass is 10.0. The maximum atomic E-state index is 9.16. The molecule has 1 aliphatic carbocycles. The zero-order chi connectivity index (χ0) is 10.1. The van der Waals surface area contributed by atoms with E-state index < -0.39 is 0 Å². The van der Waals surface area contributed by atoms with Crippen LogP contribution in [0.25, 0.3) is 0 Å². The number of pyridine rings is 1. The van der Waals surface area contributed by atoms with Crippen molar-refractivity contribution in [2.75, 3.05) is 0 Å². The van der Waals surface area contributed by atoms with Gasteiger partial charge < -0.3 is 5.11 Å². The first kappa shape index (κ1) is 9.66. The smallest absolute Gasteiger partial charge is 0.0855 e. The average molecular weight is 191 g/mol. The molecule has 1 N–H and O–H groups in total. The molecule has 0 radical (unpaired) electrons. The molecule has 2 heteroatoms. The minimum atomic E-state index is 0.0670. The van der Waals surface area contributed by atoms with E-state index in [4.69, 9.17) is 5.11 Å². The first-order valence-electron chi connectivity index (χ1n) is 5.28. The van der Waals surface area contributed by atoms with Gasteiger partial charge in [-0.1, -0.05) is 19.9 Å². The summed E-state index contributed by atoms with van der Waals surface area (Å²) in [6, 6.07) is 4.07. The second-order valence-corrected chi connectivity index (χ2v) is 4.45. The number of aromatic nitrogens is 1. The van der Waals surface area contributed by atoms with Crippen molar-refractivity contribution in [3.8, 4) is 0 Å². The molecule has 0 amide bonds. The Balaban J connectivity index is 2.18. The van der Waals surface area contributed by atoms with Crippen LogP contribution in [0.15, 0.2) is 18.3 Å². The standard InChI is InChI=1S/C12H17NO/c1-8(2)10-6-11(10)9-4-3-5-13-12(9)7-14/h3-5,8,10-11,14H,6-7H2,1-2H3/t10-,11-/m1/s1. The molecule has 1 saturated carbocycles. The third-order valence-corrected chi connectivity index (χ3v) is 3.17. The van der Waals surface area contributed by atoms with E-state index in [1.807, 2.05) is 6.07 Å². The Morgan fingerprint density at radius 3 is 2.93 bits per heavy atom. The van der Waals surface area contributed by atoms with Crippen LogP contribution in [0.5, 0.6) is 0 Å². The van der Waals surface area contributed by atoms with Gasteiger partial charge in [-0.3, -0.25) is 4.98 Å². The topological polar surface area (TPSA) is 33.1 Å². The van der Waals surface area contributed by atoms with Gasteiger partial charge >= 0.3 is 0 Å². The Morgan fingerprint density at radius 2 is 2.36 bits per heavy atom. The molecule has 0 saturated heterocycles. The van der Waals surface area contributed by atoms with Crippen molar-refractivity contribution in [2.24, 2.45) is 11.8 Å². The zero-order valence-corrected chi connectivity index (χ0v) is 8.77. The number of hydrogen-bond donors (Lipinski definition) is 1. The molecule has 1 fully saturated rings. The predicted octanol–water partition coefficient (Wildman–Crippen LogP) is 2.33. The first-order valence-corrected chi connectivity index (χ1v) is 5.28. The van der Waals surface area contributed by atoms with E-state index in [1.165, 1.54) is 12.0 Å². The number of nitrogens with zero attached hydrogens (tertiary/aromatic N) is 1. The van der Waals surface area contributed by atoms with Crippen molar-refractivity contribution in [3.05, 3.63) is 29.6 Å². The highest BCUT2D eigenvalue weighted by molar-refractivity contribution is 5.29. The van der Waals surface area contributed by atoms with Crippen LogP contribution in [0, 0.1) is 11.8 Å². The minimum absolute atomic E-state index is 0.0670. The second-order valence-electron chi connectivity index (χ2n) is 4.45. The summed E-state index contributed by atoms with van der Waals surface area (Å²) in [7, 11) is 0. The zero-order valence-electron chi connectivity index (χ0n) is 8.77. The molecule has 1 aliphatic rings. The van der Waals surface area contributed by atoms with Crippen molar-refractivity contribution in [1.29, 1.82) is 0 Å². The van der Waals surface area contributed by atoms with Crippen molar-refractivity contribution >= 4 is 0 Å². The van der Waals surface area contributed by atoms with Gasteiger partial charge in [0.05, 0.1) is 12.3 Å². The van der Waals surface area contributed by atoms with Crippen molar-refractivity contribution in [1.82, 2.24) is 4.98 Å². The normalized spacial score (nSPS) is 25.4. The van der Waals surface area contributed by atoms with Crippen LogP contribution in [-0.4, -0.2) is 10.1 Å². The average Bonchev–Trinajstić information content (AvgIpc) is 2.97. The van der Waals surface area contributed by atoms with E-state index in [2.05, 4.69) is 24.9 Å². The molecule has 2 atom stereocenters. The van der Waals surface area contributed by atoms with Crippen molar-refractivity contribution < 1.29 is 5.11 Å². The van der Waals surface area contributed by atoms with Gasteiger partial charge in [-0.25, -0.2) is 0 Å². The maximum absolute atomic E-state index is 9.16. The van der Waals surface area contributed by atoms with E-state index in [-0.39, 0.29) is 6.61 Å². The lowest BCUT2D eigenvalue weighted by Gasteiger charge is -2.06. The molecule has 2 rings (SSSR count). The fourth-order valence-corrected chi connectivity index (χ4v) is 2.23. The molecular formula is C12H17NO. The summed E-state index contributed by atoms with van der Waals surface area (Å²) in [5, 5.41) is 9.16. The molecule has 76 valence electrons. The minimum Gasteiger partial charge on any atom is -0.390 e. The van der Waals surface area contributed by atoms with E-state index in [1.54, 1.807) is 6.20 Å². The van der Waals surface area contributed by atoms with Crippen molar-refractivity contribution in [3.63, 3.8) is 0 Å². The van der Waals surface area contributed by atoms with Crippen LogP contribution in [-0.2, 0) is 6.61 Å². The SMILES string of the molecule is CC(C)[C@H]1C[C@@H]1c1cccnc1CO. The van der Waals surface area contributed by atoms with Gasteiger partial charge in [0.2, 0.25) is 0 Å². The van der Waals surface area contributed by atoms with Gasteiger partial charge in [0, 0.05) is 6.20 Å². The van der Waals surface area contributed by atoms with E-state index >= 15 is 0 Å². The van der Waals surface area contributed by atoms with Crippen LogP contribution < -0.4 is 0 Å². The van der Waals surface area contributed by atoms with Crippen molar-refractivity contribution in [2.45, 2.75) is 32.8 Å². The number of hydrogen-bond acceptors (Lipinski definition) is 2. The summed E-state index contributed by atoms with van der Waals surface area (Å²) in [4.78, 5) is 4.20. The van der Waals surface area contributed by atoms with Gasteiger partial charge in [0.25, 0.3) is 0 Å². The number of aliphatic hydroxyl groups is 1. The van der Waals surface area contributed by atoms with Crippen LogP contribution >= 0.6 is 0 Å². The largest absolute Gasteiger partial charge is 0.390 e. The Morgan fingerprint density at radius 1 is 1.57 bits per heavy atom.